The lowest BCUT2D eigenvalue weighted by atomic mass is 9.87. The van der Waals surface area contributed by atoms with Gasteiger partial charge in [-0.05, 0) is 24.5 Å². The highest BCUT2D eigenvalue weighted by Crippen LogP contribution is 2.36. The van der Waals surface area contributed by atoms with Crippen LogP contribution in [0.15, 0.2) is 54.6 Å². The van der Waals surface area contributed by atoms with Crippen LogP contribution in [0.3, 0.4) is 0 Å². The molecule has 1 aliphatic rings. The number of benzene rings is 2. The van der Waals surface area contributed by atoms with Gasteiger partial charge >= 0.3 is 0 Å². The van der Waals surface area contributed by atoms with Gasteiger partial charge in [0.05, 0.1) is 25.7 Å². The fourth-order valence-corrected chi connectivity index (χ4v) is 3.51. The number of hydrogen-bond donors (Lipinski definition) is 1. The van der Waals surface area contributed by atoms with Crippen molar-refractivity contribution < 1.29 is 14.6 Å². The number of hydrogen-bond acceptors (Lipinski definition) is 3. The van der Waals surface area contributed by atoms with E-state index >= 15 is 0 Å². The maximum Gasteiger partial charge on any atom is 0.230 e. The van der Waals surface area contributed by atoms with Crippen molar-refractivity contribution in [3.05, 3.63) is 65.7 Å². The Labute approximate surface area is 142 Å². The van der Waals surface area contributed by atoms with Crippen LogP contribution in [0.2, 0.25) is 0 Å². The fraction of sp³-hybridized carbons (Fsp3) is 0.350. The summed E-state index contributed by atoms with van der Waals surface area (Å²) in [6.45, 7) is 0.596. The Morgan fingerprint density at radius 3 is 2.58 bits per heavy atom. The van der Waals surface area contributed by atoms with E-state index < -0.39 is 0 Å². The standard InChI is InChI=1S/C20H23NO3/c1-24-19-12-6-5-10-16(19)17-11-7-13-21(20(17)23)18(14-22)15-8-3-2-4-9-15/h2-6,8-10,12,17-18,22H,7,11,13-14H2,1H3/t17-,18+/m1/s1. The quantitative estimate of drug-likeness (QED) is 0.919. The van der Waals surface area contributed by atoms with Crippen LogP contribution in [0, 0.1) is 0 Å². The zero-order valence-corrected chi connectivity index (χ0v) is 13.9. The van der Waals surface area contributed by atoms with Gasteiger partial charge in [-0.2, -0.15) is 0 Å². The number of nitrogens with zero attached hydrogens (tertiary/aromatic N) is 1. The molecule has 126 valence electrons. The average molecular weight is 325 g/mol. The maximum absolute atomic E-state index is 13.1. The number of carbonyl (C=O) groups is 1. The smallest absolute Gasteiger partial charge is 0.230 e. The van der Waals surface area contributed by atoms with E-state index in [-0.39, 0.29) is 24.5 Å². The molecule has 0 aromatic heterocycles. The van der Waals surface area contributed by atoms with Gasteiger partial charge in [-0.1, -0.05) is 48.5 Å². The number of para-hydroxylation sites is 1. The highest BCUT2D eigenvalue weighted by atomic mass is 16.5. The molecular formula is C20H23NO3. The van der Waals surface area contributed by atoms with Crippen LogP contribution in [0.25, 0.3) is 0 Å². The van der Waals surface area contributed by atoms with Gasteiger partial charge in [-0.15, -0.1) is 0 Å². The Bertz CT molecular complexity index is 686. The first-order chi connectivity index (χ1) is 11.8. The van der Waals surface area contributed by atoms with Gasteiger partial charge in [0.2, 0.25) is 5.91 Å². The monoisotopic (exact) mass is 325 g/mol. The molecule has 1 saturated heterocycles. The van der Waals surface area contributed by atoms with Crippen molar-refractivity contribution in [2.75, 3.05) is 20.3 Å². The van der Waals surface area contributed by atoms with Gasteiger partial charge < -0.3 is 14.7 Å². The molecule has 1 heterocycles. The number of amides is 1. The van der Waals surface area contributed by atoms with E-state index in [0.29, 0.717) is 6.54 Å². The zero-order chi connectivity index (χ0) is 16.9. The molecule has 0 unspecified atom stereocenters. The van der Waals surface area contributed by atoms with E-state index in [1.807, 2.05) is 59.5 Å². The van der Waals surface area contributed by atoms with E-state index in [2.05, 4.69) is 0 Å². The van der Waals surface area contributed by atoms with Crippen molar-refractivity contribution in [2.24, 2.45) is 0 Å². The van der Waals surface area contributed by atoms with Crippen molar-refractivity contribution in [3.8, 4) is 5.75 Å². The third kappa shape index (κ3) is 3.15. The van der Waals surface area contributed by atoms with Crippen LogP contribution < -0.4 is 4.74 Å². The Hall–Kier alpha value is -2.33. The SMILES string of the molecule is COc1ccccc1[C@H]1CCCN([C@@H](CO)c2ccccc2)C1=O. The van der Waals surface area contributed by atoms with Crippen LogP contribution in [-0.2, 0) is 4.79 Å². The Morgan fingerprint density at radius 2 is 1.88 bits per heavy atom. The fourth-order valence-electron chi connectivity index (χ4n) is 3.51. The van der Waals surface area contributed by atoms with Crippen LogP contribution >= 0.6 is 0 Å². The third-order valence-corrected chi connectivity index (χ3v) is 4.72. The van der Waals surface area contributed by atoms with Crippen molar-refractivity contribution in [2.45, 2.75) is 24.8 Å². The predicted molar refractivity (Wildman–Crippen MR) is 93.0 cm³/mol. The van der Waals surface area contributed by atoms with Crippen molar-refractivity contribution in [1.29, 1.82) is 0 Å². The molecule has 1 N–H and O–H groups in total. The van der Waals surface area contributed by atoms with Gasteiger partial charge in [0.25, 0.3) is 0 Å². The first-order valence-corrected chi connectivity index (χ1v) is 8.35. The van der Waals surface area contributed by atoms with E-state index in [1.165, 1.54) is 0 Å². The summed E-state index contributed by atoms with van der Waals surface area (Å²) in [4.78, 5) is 14.9. The molecule has 1 amide bonds. The summed E-state index contributed by atoms with van der Waals surface area (Å²) in [6.07, 6.45) is 1.72. The summed E-state index contributed by atoms with van der Waals surface area (Å²) in [5.41, 5.74) is 1.90. The van der Waals surface area contributed by atoms with Gasteiger partial charge in [0.1, 0.15) is 5.75 Å². The highest BCUT2D eigenvalue weighted by molar-refractivity contribution is 5.85. The molecular weight excluding hydrogens is 302 g/mol. The minimum Gasteiger partial charge on any atom is -0.496 e. The highest BCUT2D eigenvalue weighted by Gasteiger charge is 2.35. The van der Waals surface area contributed by atoms with Gasteiger partial charge in [0.15, 0.2) is 0 Å². The van der Waals surface area contributed by atoms with Crippen LogP contribution in [-0.4, -0.2) is 36.2 Å². The van der Waals surface area contributed by atoms with Crippen molar-refractivity contribution >= 4 is 5.91 Å². The maximum atomic E-state index is 13.1. The largest absolute Gasteiger partial charge is 0.496 e. The first-order valence-electron chi connectivity index (χ1n) is 8.35. The number of methoxy groups -OCH3 is 1. The number of carbonyl (C=O) groups excluding carboxylic acids is 1. The number of aliphatic hydroxyl groups is 1. The molecule has 3 rings (SSSR count). The summed E-state index contributed by atoms with van der Waals surface area (Å²) in [5.74, 6) is 0.597. The number of rotatable bonds is 5. The molecule has 0 aliphatic carbocycles. The number of aliphatic hydroxyl groups excluding tert-OH is 1. The topological polar surface area (TPSA) is 49.8 Å². The zero-order valence-electron chi connectivity index (χ0n) is 13.9. The summed E-state index contributed by atoms with van der Waals surface area (Å²) in [7, 11) is 1.63. The Kier molecular flexibility index (Phi) is 5.16. The predicted octanol–water partition coefficient (Wildman–Crippen LogP) is 3.13. The molecule has 4 heteroatoms. The second kappa shape index (κ2) is 7.49. The van der Waals surface area contributed by atoms with Crippen molar-refractivity contribution in [1.82, 2.24) is 4.90 Å². The van der Waals surface area contributed by atoms with Gasteiger partial charge in [-0.25, -0.2) is 0 Å². The number of ether oxygens (including phenoxy) is 1. The minimum atomic E-state index is -0.295. The minimum absolute atomic E-state index is 0.0636. The summed E-state index contributed by atoms with van der Waals surface area (Å²) >= 11 is 0. The van der Waals surface area contributed by atoms with Gasteiger partial charge in [-0.3, -0.25) is 4.79 Å². The first kappa shape index (κ1) is 16.5. The van der Waals surface area contributed by atoms with E-state index in [4.69, 9.17) is 4.74 Å². The van der Waals surface area contributed by atoms with Crippen molar-refractivity contribution in [3.63, 3.8) is 0 Å². The molecule has 1 fully saturated rings. The van der Waals surface area contributed by atoms with Crippen LogP contribution in [0.4, 0.5) is 0 Å². The van der Waals surface area contributed by atoms with E-state index in [0.717, 1.165) is 29.7 Å². The second-order valence-electron chi connectivity index (χ2n) is 6.08. The van der Waals surface area contributed by atoms with Crippen LogP contribution in [0.1, 0.15) is 35.9 Å². The van der Waals surface area contributed by atoms with E-state index in [9.17, 15) is 9.90 Å². The molecule has 0 radical (unpaired) electrons. The molecule has 2 atom stereocenters. The lowest BCUT2D eigenvalue weighted by molar-refractivity contribution is -0.139. The van der Waals surface area contributed by atoms with Gasteiger partial charge in [0, 0.05) is 12.1 Å². The Balaban J connectivity index is 1.90. The lowest BCUT2D eigenvalue weighted by Gasteiger charge is -2.38. The number of piperidine rings is 1. The Morgan fingerprint density at radius 1 is 1.17 bits per heavy atom. The third-order valence-electron chi connectivity index (χ3n) is 4.72. The average Bonchev–Trinajstić information content (AvgIpc) is 2.64. The summed E-state index contributed by atoms with van der Waals surface area (Å²) in [5, 5.41) is 9.89. The number of likely N-dealkylation sites (tertiary alicyclic amines) is 1. The molecule has 1 aliphatic heterocycles. The molecule has 24 heavy (non-hydrogen) atoms. The lowest BCUT2D eigenvalue weighted by Crippen LogP contribution is -2.43. The molecule has 0 saturated carbocycles. The summed E-state index contributed by atoms with van der Waals surface area (Å²) < 4.78 is 5.43. The van der Waals surface area contributed by atoms with E-state index in [1.54, 1.807) is 7.11 Å². The van der Waals surface area contributed by atoms with Crippen LogP contribution in [0.5, 0.6) is 5.75 Å². The molecule has 0 spiro atoms. The molecule has 4 nitrogen and oxygen atoms in total. The molecule has 2 aromatic rings. The molecule has 2 aromatic carbocycles. The normalized spacial score (nSPS) is 19.2. The summed E-state index contributed by atoms with van der Waals surface area (Å²) in [6, 6.07) is 17.1. The molecule has 0 bridgehead atoms. The second-order valence-corrected chi connectivity index (χ2v) is 6.08.